The highest BCUT2D eigenvalue weighted by atomic mass is 32.1. The molecule has 0 spiro atoms. The number of methoxy groups -OCH3 is 1. The predicted octanol–water partition coefficient (Wildman–Crippen LogP) is 2.42. The van der Waals surface area contributed by atoms with Crippen LogP contribution in [0.4, 0.5) is 0 Å². The Hall–Kier alpha value is -2.19. The highest BCUT2D eigenvalue weighted by molar-refractivity contribution is 7.17. The summed E-state index contributed by atoms with van der Waals surface area (Å²) in [5.74, 6) is 0.786. The maximum atomic E-state index is 12.6. The summed E-state index contributed by atoms with van der Waals surface area (Å²) in [5.41, 5.74) is 1.55. The van der Waals surface area contributed by atoms with Crippen molar-refractivity contribution in [1.82, 2.24) is 20.0 Å². The van der Waals surface area contributed by atoms with Crippen LogP contribution in [0.5, 0.6) is 0 Å². The van der Waals surface area contributed by atoms with Crippen LogP contribution in [0.15, 0.2) is 22.0 Å². The number of carbonyl (C=O) groups excluding carboxylic acids is 1. The number of ether oxygens (including phenoxy) is 1. The zero-order valence-corrected chi connectivity index (χ0v) is 13.1. The predicted molar refractivity (Wildman–Crippen MR) is 81.6 cm³/mol. The molecule has 0 fully saturated rings. The van der Waals surface area contributed by atoms with Gasteiger partial charge in [-0.15, -0.1) is 11.3 Å². The largest absolute Gasteiger partial charge is 0.377 e. The van der Waals surface area contributed by atoms with Crippen molar-refractivity contribution in [3.8, 4) is 0 Å². The Bertz CT molecular complexity index is 747. The Morgan fingerprint density at radius 1 is 1.55 bits per heavy atom. The lowest BCUT2D eigenvalue weighted by Gasteiger charge is -2.17. The number of hydrogen-bond acceptors (Lipinski definition) is 6. The van der Waals surface area contributed by atoms with Crippen molar-refractivity contribution in [3.05, 3.63) is 34.9 Å². The summed E-state index contributed by atoms with van der Waals surface area (Å²) < 4.78 is 11.2. The maximum Gasteiger partial charge on any atom is 0.270 e. The van der Waals surface area contributed by atoms with Gasteiger partial charge in [-0.1, -0.05) is 5.16 Å². The molecule has 3 aromatic rings. The van der Waals surface area contributed by atoms with E-state index in [1.807, 2.05) is 24.4 Å². The van der Waals surface area contributed by atoms with E-state index < -0.39 is 0 Å². The van der Waals surface area contributed by atoms with Gasteiger partial charge in [-0.2, -0.15) is 4.98 Å². The van der Waals surface area contributed by atoms with Crippen LogP contribution >= 0.6 is 11.3 Å². The third-order valence-electron chi connectivity index (χ3n) is 3.25. The zero-order chi connectivity index (χ0) is 15.5. The second kappa shape index (κ2) is 6.29. The standard InChI is InChI=1S/C14H16N4O3S/c1-3-18(7-13-16-12(8-20-2)17-21-13)14(19)10-6-11-9(15-10)4-5-22-11/h4-6,15H,3,7-8H2,1-2H3. The molecule has 3 rings (SSSR count). The Labute approximate surface area is 130 Å². The molecule has 0 atom stereocenters. The third kappa shape index (κ3) is 2.88. The van der Waals surface area contributed by atoms with Crippen molar-refractivity contribution in [2.45, 2.75) is 20.1 Å². The second-order valence-corrected chi connectivity index (χ2v) is 5.69. The molecule has 3 heterocycles. The molecule has 7 nitrogen and oxygen atoms in total. The van der Waals surface area contributed by atoms with E-state index in [1.54, 1.807) is 23.3 Å². The minimum Gasteiger partial charge on any atom is -0.377 e. The van der Waals surface area contributed by atoms with E-state index in [0.29, 0.717) is 24.0 Å². The Morgan fingerprint density at radius 3 is 3.14 bits per heavy atom. The molecule has 1 N–H and O–H groups in total. The van der Waals surface area contributed by atoms with E-state index in [1.165, 1.54) is 0 Å². The molecule has 0 saturated heterocycles. The summed E-state index contributed by atoms with van der Waals surface area (Å²) in [6.45, 7) is 3.03. The number of nitrogens with one attached hydrogen (secondary N) is 1. The fourth-order valence-corrected chi connectivity index (χ4v) is 2.95. The molecule has 8 heteroatoms. The molecule has 0 unspecified atom stereocenters. The third-order valence-corrected chi connectivity index (χ3v) is 4.11. The van der Waals surface area contributed by atoms with Gasteiger partial charge < -0.3 is 19.1 Å². The van der Waals surface area contributed by atoms with Crippen molar-refractivity contribution >= 4 is 27.5 Å². The van der Waals surface area contributed by atoms with E-state index in [-0.39, 0.29) is 19.1 Å². The van der Waals surface area contributed by atoms with Crippen LogP contribution in [0.1, 0.15) is 29.1 Å². The minimum absolute atomic E-state index is 0.0857. The van der Waals surface area contributed by atoms with Gasteiger partial charge in [-0.05, 0) is 24.4 Å². The molecular formula is C14H16N4O3S. The fourth-order valence-electron chi connectivity index (χ4n) is 2.17. The molecule has 0 bridgehead atoms. The highest BCUT2D eigenvalue weighted by Crippen LogP contribution is 2.22. The average molecular weight is 320 g/mol. The van der Waals surface area contributed by atoms with Crippen LogP contribution in [0.2, 0.25) is 0 Å². The van der Waals surface area contributed by atoms with Gasteiger partial charge in [0.2, 0.25) is 5.89 Å². The van der Waals surface area contributed by atoms with Crippen LogP contribution < -0.4 is 0 Å². The molecule has 0 radical (unpaired) electrons. The molecule has 22 heavy (non-hydrogen) atoms. The summed E-state index contributed by atoms with van der Waals surface area (Å²) in [4.78, 5) is 21.5. The molecule has 0 saturated carbocycles. The Morgan fingerprint density at radius 2 is 2.41 bits per heavy atom. The molecule has 116 valence electrons. The van der Waals surface area contributed by atoms with Gasteiger partial charge in [0.15, 0.2) is 5.82 Å². The van der Waals surface area contributed by atoms with Gasteiger partial charge >= 0.3 is 0 Å². The number of rotatable bonds is 6. The summed E-state index contributed by atoms with van der Waals surface area (Å²) >= 11 is 1.60. The SMILES string of the molecule is CCN(Cc1nc(COC)no1)C(=O)c1cc2sccc2[nH]1. The quantitative estimate of drug-likeness (QED) is 0.754. The number of nitrogens with zero attached hydrogens (tertiary/aromatic N) is 3. The number of carbonyl (C=O) groups is 1. The van der Waals surface area contributed by atoms with Crippen LogP contribution in [-0.4, -0.2) is 39.6 Å². The molecule has 0 aliphatic heterocycles. The van der Waals surface area contributed by atoms with Crippen molar-refractivity contribution in [2.75, 3.05) is 13.7 Å². The number of fused-ring (bicyclic) bond motifs is 1. The van der Waals surface area contributed by atoms with Gasteiger partial charge in [-0.3, -0.25) is 4.79 Å². The first-order valence-electron chi connectivity index (χ1n) is 6.87. The Kier molecular flexibility index (Phi) is 4.21. The van der Waals surface area contributed by atoms with Crippen molar-refractivity contribution in [2.24, 2.45) is 0 Å². The van der Waals surface area contributed by atoms with Crippen LogP contribution in [-0.2, 0) is 17.9 Å². The van der Waals surface area contributed by atoms with Crippen molar-refractivity contribution < 1.29 is 14.1 Å². The number of H-pyrrole nitrogens is 1. The van der Waals surface area contributed by atoms with Gasteiger partial charge in [0.1, 0.15) is 18.8 Å². The highest BCUT2D eigenvalue weighted by Gasteiger charge is 2.19. The lowest BCUT2D eigenvalue weighted by molar-refractivity contribution is 0.0729. The summed E-state index contributed by atoms with van der Waals surface area (Å²) in [7, 11) is 1.56. The van der Waals surface area contributed by atoms with E-state index in [2.05, 4.69) is 15.1 Å². The first kappa shape index (κ1) is 14.7. The van der Waals surface area contributed by atoms with Gasteiger partial charge in [0.25, 0.3) is 5.91 Å². The maximum absolute atomic E-state index is 12.6. The minimum atomic E-state index is -0.0857. The lowest BCUT2D eigenvalue weighted by Crippen LogP contribution is -2.30. The summed E-state index contributed by atoms with van der Waals surface area (Å²) in [6, 6.07) is 3.83. The topological polar surface area (TPSA) is 84.2 Å². The number of amides is 1. The average Bonchev–Trinajstić information content (AvgIpc) is 3.20. The van der Waals surface area contributed by atoms with Gasteiger partial charge in [0, 0.05) is 13.7 Å². The van der Waals surface area contributed by atoms with Crippen LogP contribution in [0, 0.1) is 0 Å². The summed E-state index contributed by atoms with van der Waals surface area (Å²) in [6.07, 6.45) is 0. The lowest BCUT2D eigenvalue weighted by atomic mass is 10.3. The normalized spacial score (nSPS) is 11.2. The first-order valence-corrected chi connectivity index (χ1v) is 7.75. The molecule has 0 aromatic carbocycles. The zero-order valence-electron chi connectivity index (χ0n) is 12.3. The van der Waals surface area contributed by atoms with E-state index in [4.69, 9.17) is 9.26 Å². The van der Waals surface area contributed by atoms with Crippen LogP contribution in [0.25, 0.3) is 10.2 Å². The van der Waals surface area contributed by atoms with Gasteiger partial charge in [-0.25, -0.2) is 0 Å². The molecule has 0 aliphatic carbocycles. The van der Waals surface area contributed by atoms with E-state index in [9.17, 15) is 4.79 Å². The van der Waals surface area contributed by atoms with E-state index in [0.717, 1.165) is 10.2 Å². The molecule has 3 aromatic heterocycles. The fraction of sp³-hybridized carbons (Fsp3) is 0.357. The monoisotopic (exact) mass is 320 g/mol. The Balaban J connectivity index is 1.74. The molecule has 0 aliphatic rings. The van der Waals surface area contributed by atoms with Crippen LogP contribution in [0.3, 0.4) is 0 Å². The molecular weight excluding hydrogens is 304 g/mol. The number of aromatic nitrogens is 3. The number of thiophene rings is 1. The van der Waals surface area contributed by atoms with Gasteiger partial charge in [0.05, 0.1) is 10.2 Å². The number of aromatic amines is 1. The van der Waals surface area contributed by atoms with E-state index >= 15 is 0 Å². The number of hydrogen-bond donors (Lipinski definition) is 1. The second-order valence-electron chi connectivity index (χ2n) is 4.74. The van der Waals surface area contributed by atoms with Crippen molar-refractivity contribution in [3.63, 3.8) is 0 Å². The first-order chi connectivity index (χ1) is 10.7. The smallest absolute Gasteiger partial charge is 0.270 e. The van der Waals surface area contributed by atoms with Crippen molar-refractivity contribution in [1.29, 1.82) is 0 Å². The summed E-state index contributed by atoms with van der Waals surface area (Å²) in [5, 5.41) is 5.79. The molecule has 1 amide bonds.